The molecular formula is C26H26ClFN4O. The molecule has 0 saturated heterocycles. The van der Waals surface area contributed by atoms with E-state index in [2.05, 4.69) is 11.4 Å². The van der Waals surface area contributed by atoms with Gasteiger partial charge in [0.05, 0.1) is 16.7 Å². The first-order valence-corrected chi connectivity index (χ1v) is 10.8. The van der Waals surface area contributed by atoms with Crippen molar-refractivity contribution in [3.8, 4) is 17.2 Å². The summed E-state index contributed by atoms with van der Waals surface area (Å²) in [6, 6.07) is 20.8. The highest BCUT2D eigenvalue weighted by Gasteiger charge is 2.28. The van der Waals surface area contributed by atoms with Crippen molar-refractivity contribution in [2.75, 3.05) is 30.9 Å². The van der Waals surface area contributed by atoms with Crippen molar-refractivity contribution in [3.63, 3.8) is 0 Å². The Bertz CT molecular complexity index is 1190. The summed E-state index contributed by atoms with van der Waals surface area (Å²) in [6.07, 6.45) is 0. The summed E-state index contributed by atoms with van der Waals surface area (Å²) in [5, 5.41) is 11.9. The van der Waals surface area contributed by atoms with Crippen LogP contribution in [-0.4, -0.2) is 37.1 Å². The van der Waals surface area contributed by atoms with E-state index in [1.54, 1.807) is 11.0 Å². The standard InChI is InChI=1S/C26H26ClFN4O/c1-26(2,31(3)4)17-32(25(33)30-21-10-13-24(28)23(27)15-21)22-11-8-19(9-12-22)20-7-5-6-18(14-20)16-29/h5-15H,17H2,1-4H3,(H,30,33). The Kier molecular flexibility index (Phi) is 7.37. The van der Waals surface area contributed by atoms with Gasteiger partial charge in [-0.2, -0.15) is 5.26 Å². The predicted octanol–water partition coefficient (Wildman–Crippen LogP) is 6.40. The Balaban J connectivity index is 1.92. The number of nitriles is 1. The number of carbonyl (C=O) groups is 1. The number of halogens is 2. The number of anilines is 2. The van der Waals surface area contributed by atoms with Crippen molar-refractivity contribution in [3.05, 3.63) is 83.1 Å². The van der Waals surface area contributed by atoms with Crippen LogP contribution in [0.5, 0.6) is 0 Å². The second-order valence-electron chi connectivity index (χ2n) is 8.59. The van der Waals surface area contributed by atoms with E-state index in [9.17, 15) is 9.18 Å². The van der Waals surface area contributed by atoms with Gasteiger partial charge in [0.15, 0.2) is 0 Å². The molecule has 33 heavy (non-hydrogen) atoms. The fraction of sp³-hybridized carbons (Fsp3) is 0.231. The van der Waals surface area contributed by atoms with Crippen molar-refractivity contribution >= 4 is 29.0 Å². The van der Waals surface area contributed by atoms with E-state index in [1.807, 2.05) is 75.3 Å². The Morgan fingerprint density at radius 3 is 2.36 bits per heavy atom. The molecule has 0 fully saturated rings. The van der Waals surface area contributed by atoms with Gasteiger partial charge in [-0.3, -0.25) is 4.90 Å². The number of urea groups is 1. The SMILES string of the molecule is CN(C)C(C)(C)CN(C(=O)Nc1ccc(F)c(Cl)c1)c1ccc(-c2cccc(C#N)c2)cc1. The fourth-order valence-corrected chi connectivity index (χ4v) is 3.36. The average Bonchev–Trinajstić information content (AvgIpc) is 2.80. The molecule has 0 aliphatic rings. The normalized spacial score (nSPS) is 11.2. The monoisotopic (exact) mass is 464 g/mol. The molecule has 0 bridgehead atoms. The molecular weight excluding hydrogens is 439 g/mol. The number of hydrogen-bond acceptors (Lipinski definition) is 3. The van der Waals surface area contributed by atoms with Gasteiger partial charge in [-0.05, 0) is 81.5 Å². The van der Waals surface area contributed by atoms with Crippen molar-refractivity contribution in [1.29, 1.82) is 5.26 Å². The smallest absolute Gasteiger partial charge is 0.307 e. The summed E-state index contributed by atoms with van der Waals surface area (Å²) in [5.41, 5.74) is 3.24. The third-order valence-electron chi connectivity index (χ3n) is 5.68. The lowest BCUT2D eigenvalue weighted by atomic mass is 10.0. The predicted molar refractivity (Wildman–Crippen MR) is 132 cm³/mol. The quantitative estimate of drug-likeness (QED) is 0.459. The first-order valence-electron chi connectivity index (χ1n) is 10.4. The molecule has 3 rings (SSSR count). The number of nitrogens with zero attached hydrogens (tertiary/aromatic N) is 3. The molecule has 0 aromatic heterocycles. The van der Waals surface area contributed by atoms with Crippen LogP contribution in [0.15, 0.2) is 66.7 Å². The molecule has 0 aliphatic carbocycles. The molecule has 7 heteroatoms. The van der Waals surface area contributed by atoms with Crippen molar-refractivity contribution < 1.29 is 9.18 Å². The van der Waals surface area contributed by atoms with E-state index >= 15 is 0 Å². The number of likely N-dealkylation sites (N-methyl/N-ethyl adjacent to an activating group) is 1. The Hall–Kier alpha value is -3.40. The number of hydrogen-bond donors (Lipinski definition) is 1. The molecule has 0 saturated carbocycles. The van der Waals surface area contributed by atoms with Gasteiger partial charge in [0.2, 0.25) is 0 Å². The number of amides is 2. The number of benzene rings is 3. The number of carbonyl (C=O) groups excluding carboxylic acids is 1. The molecule has 2 amide bonds. The third kappa shape index (κ3) is 5.89. The molecule has 3 aromatic carbocycles. The maximum Gasteiger partial charge on any atom is 0.326 e. The van der Waals surface area contributed by atoms with Crippen LogP contribution < -0.4 is 10.2 Å². The molecule has 0 radical (unpaired) electrons. The van der Waals surface area contributed by atoms with Crippen LogP contribution in [0.25, 0.3) is 11.1 Å². The highest BCUT2D eigenvalue weighted by Crippen LogP contribution is 2.27. The van der Waals surface area contributed by atoms with E-state index < -0.39 is 5.82 Å². The van der Waals surface area contributed by atoms with Crippen molar-refractivity contribution in [2.45, 2.75) is 19.4 Å². The average molecular weight is 465 g/mol. The number of nitrogens with one attached hydrogen (secondary N) is 1. The van der Waals surface area contributed by atoms with Crippen LogP contribution in [0.4, 0.5) is 20.6 Å². The minimum Gasteiger partial charge on any atom is -0.307 e. The first kappa shape index (κ1) is 24.2. The van der Waals surface area contributed by atoms with E-state index in [1.165, 1.54) is 18.2 Å². The summed E-state index contributed by atoms with van der Waals surface area (Å²) < 4.78 is 13.5. The molecule has 3 aromatic rings. The molecule has 0 spiro atoms. The minimum absolute atomic E-state index is 0.0584. The summed E-state index contributed by atoms with van der Waals surface area (Å²) in [4.78, 5) is 17.0. The van der Waals surface area contributed by atoms with Crippen LogP contribution in [0.3, 0.4) is 0 Å². The van der Waals surface area contributed by atoms with Crippen molar-refractivity contribution in [1.82, 2.24) is 4.90 Å². The van der Waals surface area contributed by atoms with Crippen LogP contribution >= 0.6 is 11.6 Å². The molecule has 0 atom stereocenters. The molecule has 170 valence electrons. The Labute approximate surface area is 199 Å². The van der Waals surface area contributed by atoms with Gasteiger partial charge >= 0.3 is 6.03 Å². The second-order valence-corrected chi connectivity index (χ2v) is 9.00. The highest BCUT2D eigenvalue weighted by molar-refractivity contribution is 6.31. The number of rotatable bonds is 6. The van der Waals surface area contributed by atoms with Crippen molar-refractivity contribution in [2.24, 2.45) is 0 Å². The van der Waals surface area contributed by atoms with E-state index in [4.69, 9.17) is 16.9 Å². The van der Waals surface area contributed by atoms with Gasteiger partial charge in [-0.25, -0.2) is 9.18 Å². The molecule has 0 heterocycles. The zero-order valence-corrected chi connectivity index (χ0v) is 19.8. The summed E-state index contributed by atoms with van der Waals surface area (Å²) in [7, 11) is 3.92. The maximum absolute atomic E-state index is 13.5. The van der Waals surface area contributed by atoms with Gasteiger partial charge in [0.25, 0.3) is 0 Å². The largest absolute Gasteiger partial charge is 0.326 e. The van der Waals surface area contributed by atoms with Gasteiger partial charge in [0, 0.05) is 23.5 Å². The topological polar surface area (TPSA) is 59.4 Å². The van der Waals surface area contributed by atoms with Gasteiger partial charge in [0.1, 0.15) is 5.82 Å². The molecule has 0 aliphatic heterocycles. The van der Waals surface area contributed by atoms with Gasteiger partial charge < -0.3 is 10.2 Å². The maximum atomic E-state index is 13.5. The summed E-state index contributed by atoms with van der Waals surface area (Å²) in [6.45, 7) is 4.50. The van der Waals surface area contributed by atoms with E-state index in [0.29, 0.717) is 23.5 Å². The minimum atomic E-state index is -0.545. The second kappa shape index (κ2) is 10.0. The highest BCUT2D eigenvalue weighted by atomic mass is 35.5. The zero-order valence-electron chi connectivity index (χ0n) is 19.1. The van der Waals surface area contributed by atoms with E-state index in [-0.39, 0.29) is 16.6 Å². The Morgan fingerprint density at radius 1 is 1.06 bits per heavy atom. The lowest BCUT2D eigenvalue weighted by Crippen LogP contribution is -2.51. The zero-order chi connectivity index (χ0) is 24.2. The van der Waals surface area contributed by atoms with Gasteiger partial charge in [-0.1, -0.05) is 35.9 Å². The fourth-order valence-electron chi connectivity index (χ4n) is 3.18. The van der Waals surface area contributed by atoms with Crippen LogP contribution in [0.1, 0.15) is 19.4 Å². The van der Waals surface area contributed by atoms with E-state index in [0.717, 1.165) is 11.1 Å². The molecule has 0 unspecified atom stereocenters. The Morgan fingerprint density at radius 2 is 1.76 bits per heavy atom. The molecule has 1 N–H and O–H groups in total. The lowest BCUT2D eigenvalue weighted by molar-refractivity contribution is 0.198. The summed E-state index contributed by atoms with van der Waals surface area (Å²) >= 11 is 5.87. The van der Waals surface area contributed by atoms with Gasteiger partial charge in [-0.15, -0.1) is 0 Å². The van der Waals surface area contributed by atoms with Crippen LogP contribution in [0, 0.1) is 17.1 Å². The first-order chi connectivity index (χ1) is 15.6. The lowest BCUT2D eigenvalue weighted by Gasteiger charge is -2.37. The van der Waals surface area contributed by atoms with Crippen LogP contribution in [-0.2, 0) is 0 Å². The van der Waals surface area contributed by atoms with Crippen LogP contribution in [0.2, 0.25) is 5.02 Å². The third-order valence-corrected chi connectivity index (χ3v) is 5.97. The molecule has 5 nitrogen and oxygen atoms in total. The summed E-state index contributed by atoms with van der Waals surface area (Å²) in [5.74, 6) is -0.545.